The molecule has 1 saturated carbocycles. The Bertz CT molecular complexity index is 403. The largest absolute Gasteiger partial charge is 0.246 e. The average Bonchev–Trinajstić information content (AvgIpc) is 2.82. The third-order valence-electron chi connectivity index (χ3n) is 3.86. The quantitative estimate of drug-likeness (QED) is 0.700. The molecule has 0 N–H and O–H groups in total. The van der Waals surface area contributed by atoms with Crippen molar-refractivity contribution in [3.05, 3.63) is 12.2 Å². The van der Waals surface area contributed by atoms with E-state index < -0.39 is 0 Å². The van der Waals surface area contributed by atoms with E-state index in [0.29, 0.717) is 24.3 Å². The van der Waals surface area contributed by atoms with E-state index in [1.807, 2.05) is 0 Å². The molecule has 3 atom stereocenters. The molecule has 4 nitrogen and oxygen atoms in total. The molecule has 4 heteroatoms. The van der Waals surface area contributed by atoms with Gasteiger partial charge in [0, 0.05) is 12.3 Å². The minimum absolute atomic E-state index is 0.336. The monoisotopic (exact) mass is 202 g/mol. The first-order valence-electron chi connectivity index (χ1n) is 5.68. The summed E-state index contributed by atoms with van der Waals surface area (Å²) in [4.78, 5) is 4.32. The molecular weight excluding hydrogens is 188 g/mol. The van der Waals surface area contributed by atoms with Gasteiger partial charge in [-0.2, -0.15) is 10.4 Å². The number of rotatable bonds is 1. The van der Waals surface area contributed by atoms with Crippen molar-refractivity contribution in [3.8, 4) is 6.07 Å². The van der Waals surface area contributed by atoms with Gasteiger partial charge in [0.2, 0.25) is 0 Å². The standard InChI is InChI=1S/C11H14N4/c12-6-5-9-8-3-1-2-4-10(8)15-11(9)13-7-14-15/h7-10H,1-5H2. The third kappa shape index (κ3) is 1.19. The fraction of sp³-hybridized carbons (Fsp3) is 0.727. The molecule has 1 aromatic heterocycles. The number of hydrogen-bond donors (Lipinski definition) is 0. The lowest BCUT2D eigenvalue weighted by molar-refractivity contribution is 0.239. The Labute approximate surface area is 88.9 Å². The molecule has 15 heavy (non-hydrogen) atoms. The Kier molecular flexibility index (Phi) is 1.98. The molecule has 3 unspecified atom stereocenters. The number of hydrogen-bond acceptors (Lipinski definition) is 3. The molecular formula is C11H14N4. The smallest absolute Gasteiger partial charge is 0.138 e. The third-order valence-corrected chi connectivity index (χ3v) is 3.86. The van der Waals surface area contributed by atoms with E-state index in [4.69, 9.17) is 5.26 Å². The molecule has 0 saturated heterocycles. The van der Waals surface area contributed by atoms with Gasteiger partial charge in [-0.3, -0.25) is 0 Å². The zero-order valence-electron chi connectivity index (χ0n) is 8.63. The normalized spacial score (nSPS) is 33.1. The number of nitrogens with zero attached hydrogens (tertiary/aromatic N) is 4. The number of nitriles is 1. The van der Waals surface area contributed by atoms with Gasteiger partial charge in [-0.25, -0.2) is 9.67 Å². The SMILES string of the molecule is N#CCC1c2ncnn2C2CCCCC12. The van der Waals surface area contributed by atoms with Crippen LogP contribution in [0.5, 0.6) is 0 Å². The molecule has 0 radical (unpaired) electrons. The Balaban J connectivity index is 1.99. The van der Waals surface area contributed by atoms with E-state index in [1.54, 1.807) is 6.33 Å². The van der Waals surface area contributed by atoms with Crippen molar-refractivity contribution < 1.29 is 0 Å². The highest BCUT2D eigenvalue weighted by Crippen LogP contribution is 2.48. The Hall–Kier alpha value is -1.37. The predicted molar refractivity (Wildman–Crippen MR) is 54.0 cm³/mol. The van der Waals surface area contributed by atoms with Gasteiger partial charge in [0.1, 0.15) is 12.2 Å². The van der Waals surface area contributed by atoms with Crippen LogP contribution in [0.25, 0.3) is 0 Å². The summed E-state index contributed by atoms with van der Waals surface area (Å²) in [7, 11) is 0. The van der Waals surface area contributed by atoms with Crippen LogP contribution in [0.3, 0.4) is 0 Å². The molecule has 3 rings (SSSR count). The topological polar surface area (TPSA) is 54.5 Å². The lowest BCUT2D eigenvalue weighted by Crippen LogP contribution is -2.20. The van der Waals surface area contributed by atoms with Gasteiger partial charge in [-0.1, -0.05) is 12.8 Å². The van der Waals surface area contributed by atoms with E-state index >= 15 is 0 Å². The van der Waals surface area contributed by atoms with Gasteiger partial charge in [0.25, 0.3) is 0 Å². The molecule has 2 aliphatic rings. The summed E-state index contributed by atoms with van der Waals surface area (Å²) >= 11 is 0. The fourth-order valence-corrected chi connectivity index (χ4v) is 3.23. The maximum Gasteiger partial charge on any atom is 0.138 e. The maximum atomic E-state index is 8.87. The maximum absolute atomic E-state index is 8.87. The van der Waals surface area contributed by atoms with Crippen molar-refractivity contribution in [1.29, 1.82) is 5.26 Å². The first-order chi connectivity index (χ1) is 7.42. The van der Waals surface area contributed by atoms with E-state index in [-0.39, 0.29) is 0 Å². The Morgan fingerprint density at radius 1 is 1.47 bits per heavy atom. The van der Waals surface area contributed by atoms with E-state index in [9.17, 15) is 0 Å². The first kappa shape index (κ1) is 8.90. The van der Waals surface area contributed by atoms with Gasteiger partial charge in [-0.05, 0) is 18.8 Å². The van der Waals surface area contributed by atoms with E-state index in [2.05, 4.69) is 20.8 Å². The van der Waals surface area contributed by atoms with E-state index in [1.165, 1.54) is 25.7 Å². The second-order valence-electron chi connectivity index (χ2n) is 4.55. The van der Waals surface area contributed by atoms with Crippen LogP contribution in [0.4, 0.5) is 0 Å². The van der Waals surface area contributed by atoms with Gasteiger partial charge in [0.15, 0.2) is 0 Å². The highest BCUT2D eigenvalue weighted by Gasteiger charge is 2.43. The van der Waals surface area contributed by atoms with Crippen LogP contribution >= 0.6 is 0 Å². The summed E-state index contributed by atoms with van der Waals surface area (Å²) in [6.07, 6.45) is 7.27. The molecule has 0 amide bonds. The van der Waals surface area contributed by atoms with Crippen LogP contribution in [0.2, 0.25) is 0 Å². The van der Waals surface area contributed by atoms with Crippen LogP contribution in [-0.4, -0.2) is 14.8 Å². The van der Waals surface area contributed by atoms with Crippen molar-refractivity contribution in [1.82, 2.24) is 14.8 Å². The number of aromatic nitrogens is 3. The summed E-state index contributed by atoms with van der Waals surface area (Å²) in [6.45, 7) is 0. The van der Waals surface area contributed by atoms with Crippen molar-refractivity contribution in [2.75, 3.05) is 0 Å². The van der Waals surface area contributed by atoms with Gasteiger partial charge in [-0.15, -0.1) is 0 Å². The zero-order chi connectivity index (χ0) is 10.3. The molecule has 0 aromatic carbocycles. The van der Waals surface area contributed by atoms with Gasteiger partial charge < -0.3 is 0 Å². The summed E-state index contributed by atoms with van der Waals surface area (Å²) in [6, 6.07) is 2.82. The molecule has 1 aromatic rings. The molecule has 1 aliphatic carbocycles. The molecule has 2 heterocycles. The number of fused-ring (bicyclic) bond motifs is 3. The Morgan fingerprint density at radius 3 is 3.20 bits per heavy atom. The van der Waals surface area contributed by atoms with Crippen LogP contribution < -0.4 is 0 Å². The summed E-state index contributed by atoms with van der Waals surface area (Å²) in [5, 5.41) is 13.2. The molecule has 1 fully saturated rings. The van der Waals surface area contributed by atoms with Crippen LogP contribution in [0.15, 0.2) is 6.33 Å². The lowest BCUT2D eigenvalue weighted by Gasteiger charge is -2.27. The second-order valence-corrected chi connectivity index (χ2v) is 4.55. The minimum atomic E-state index is 0.336. The van der Waals surface area contributed by atoms with Crippen molar-refractivity contribution in [3.63, 3.8) is 0 Å². The first-order valence-corrected chi connectivity index (χ1v) is 5.68. The van der Waals surface area contributed by atoms with Crippen molar-refractivity contribution in [2.24, 2.45) is 5.92 Å². The molecule has 0 spiro atoms. The predicted octanol–water partition coefficient (Wildman–Crippen LogP) is 2.02. The lowest BCUT2D eigenvalue weighted by atomic mass is 9.78. The van der Waals surface area contributed by atoms with Gasteiger partial charge in [0.05, 0.1) is 12.1 Å². The molecule has 0 bridgehead atoms. The summed E-state index contributed by atoms with van der Waals surface area (Å²) in [5.41, 5.74) is 0. The highest BCUT2D eigenvalue weighted by atomic mass is 15.4. The van der Waals surface area contributed by atoms with Gasteiger partial charge >= 0.3 is 0 Å². The summed E-state index contributed by atoms with van der Waals surface area (Å²) < 4.78 is 2.08. The van der Waals surface area contributed by atoms with Crippen molar-refractivity contribution >= 4 is 0 Å². The van der Waals surface area contributed by atoms with Crippen LogP contribution in [0, 0.1) is 17.2 Å². The molecule has 1 aliphatic heterocycles. The average molecular weight is 202 g/mol. The van der Waals surface area contributed by atoms with E-state index in [0.717, 1.165) is 5.82 Å². The minimum Gasteiger partial charge on any atom is -0.246 e. The fourth-order valence-electron chi connectivity index (χ4n) is 3.23. The van der Waals surface area contributed by atoms with Crippen molar-refractivity contribution in [2.45, 2.75) is 44.1 Å². The molecule has 78 valence electrons. The second kappa shape index (κ2) is 3.34. The Morgan fingerprint density at radius 2 is 2.33 bits per heavy atom. The van der Waals surface area contributed by atoms with Crippen LogP contribution in [0.1, 0.15) is 49.9 Å². The zero-order valence-corrected chi connectivity index (χ0v) is 8.63. The highest BCUT2D eigenvalue weighted by molar-refractivity contribution is 5.12. The van der Waals surface area contributed by atoms with Crippen LogP contribution in [-0.2, 0) is 0 Å². The summed E-state index contributed by atoms with van der Waals surface area (Å²) in [5.74, 6) is 2.01.